The Labute approximate surface area is 182 Å². The number of hydrogen-bond donors (Lipinski definition) is 3. The van der Waals surface area contributed by atoms with Gasteiger partial charge in [0.1, 0.15) is 5.75 Å². The predicted molar refractivity (Wildman–Crippen MR) is 125 cm³/mol. The van der Waals surface area contributed by atoms with Crippen LogP contribution < -0.4 is 20.7 Å². The van der Waals surface area contributed by atoms with Crippen molar-refractivity contribution < 1.29 is 14.3 Å². The molecule has 0 radical (unpaired) electrons. The summed E-state index contributed by atoms with van der Waals surface area (Å²) in [6.45, 7) is 6.39. The van der Waals surface area contributed by atoms with Crippen LogP contribution in [-0.4, -0.2) is 19.0 Å². The van der Waals surface area contributed by atoms with Gasteiger partial charge in [0, 0.05) is 16.9 Å². The van der Waals surface area contributed by atoms with Crippen molar-refractivity contribution in [3.8, 4) is 5.75 Å². The van der Waals surface area contributed by atoms with E-state index in [1.165, 1.54) is 0 Å². The quantitative estimate of drug-likeness (QED) is 0.484. The Kier molecular flexibility index (Phi) is 6.60. The molecule has 0 aliphatic rings. The fourth-order valence-electron chi connectivity index (χ4n) is 3.03. The van der Waals surface area contributed by atoms with E-state index in [4.69, 9.17) is 4.74 Å². The highest BCUT2D eigenvalue weighted by Gasteiger charge is 2.14. The summed E-state index contributed by atoms with van der Waals surface area (Å²) < 4.78 is 5.24. The van der Waals surface area contributed by atoms with Gasteiger partial charge in [-0.3, -0.25) is 4.79 Å². The molecule has 0 saturated carbocycles. The van der Waals surface area contributed by atoms with Crippen molar-refractivity contribution >= 4 is 29.0 Å². The van der Waals surface area contributed by atoms with E-state index in [9.17, 15) is 9.59 Å². The van der Waals surface area contributed by atoms with Gasteiger partial charge in [-0.2, -0.15) is 0 Å². The molecule has 0 spiro atoms. The zero-order valence-corrected chi connectivity index (χ0v) is 18.2. The number of rotatable bonds is 5. The molecule has 160 valence electrons. The summed E-state index contributed by atoms with van der Waals surface area (Å²) in [5.74, 6) is 0.354. The minimum Gasteiger partial charge on any atom is -0.495 e. The van der Waals surface area contributed by atoms with Crippen LogP contribution >= 0.6 is 0 Å². The number of hydrogen-bond acceptors (Lipinski definition) is 3. The second-order valence-electron chi connectivity index (χ2n) is 8.14. The van der Waals surface area contributed by atoms with Gasteiger partial charge in [0.05, 0.1) is 12.8 Å². The van der Waals surface area contributed by atoms with E-state index >= 15 is 0 Å². The Morgan fingerprint density at radius 3 is 2.06 bits per heavy atom. The summed E-state index contributed by atoms with van der Waals surface area (Å²) in [7, 11) is 1.54. The van der Waals surface area contributed by atoms with Gasteiger partial charge in [-0.25, -0.2) is 4.79 Å². The summed E-state index contributed by atoms with van der Waals surface area (Å²) in [6, 6.07) is 21.3. The van der Waals surface area contributed by atoms with E-state index in [0.717, 1.165) is 5.56 Å². The number of carbonyl (C=O) groups excluding carboxylic acids is 2. The molecule has 0 fully saturated rings. The monoisotopic (exact) mass is 417 g/mol. The second-order valence-corrected chi connectivity index (χ2v) is 8.14. The molecule has 31 heavy (non-hydrogen) atoms. The summed E-state index contributed by atoms with van der Waals surface area (Å²) in [5, 5.41) is 8.38. The first kappa shape index (κ1) is 21.9. The van der Waals surface area contributed by atoms with Crippen molar-refractivity contribution in [1.82, 2.24) is 0 Å². The SMILES string of the molecule is COc1ccccc1NC(=O)Nc1cccc(NC(=O)c2ccc(C(C)(C)C)cc2)c1. The third-order valence-corrected chi connectivity index (χ3v) is 4.75. The standard InChI is InChI=1S/C25H27N3O3/c1-25(2,3)18-14-12-17(13-15-18)23(29)26-19-8-7-9-20(16-19)27-24(30)28-21-10-5-6-11-22(21)31-4/h5-16H,1-4H3,(H,26,29)(H2,27,28,30). The number of anilines is 3. The lowest BCUT2D eigenvalue weighted by atomic mass is 9.87. The molecule has 0 aliphatic carbocycles. The Hall–Kier alpha value is -3.80. The molecule has 0 aromatic heterocycles. The topological polar surface area (TPSA) is 79.5 Å². The Balaban J connectivity index is 1.64. The van der Waals surface area contributed by atoms with E-state index in [2.05, 4.69) is 36.7 Å². The smallest absolute Gasteiger partial charge is 0.323 e. The molecule has 6 heteroatoms. The van der Waals surface area contributed by atoms with Crippen LogP contribution in [0.3, 0.4) is 0 Å². The molecule has 3 aromatic carbocycles. The predicted octanol–water partition coefficient (Wildman–Crippen LogP) is 5.89. The van der Waals surface area contributed by atoms with Crippen LogP contribution in [0.2, 0.25) is 0 Å². The van der Waals surface area contributed by atoms with Crippen LogP contribution in [-0.2, 0) is 5.41 Å². The lowest BCUT2D eigenvalue weighted by Gasteiger charge is -2.19. The Morgan fingerprint density at radius 2 is 1.42 bits per heavy atom. The van der Waals surface area contributed by atoms with E-state index < -0.39 is 6.03 Å². The van der Waals surface area contributed by atoms with Crippen LogP contribution in [0.25, 0.3) is 0 Å². The summed E-state index contributed by atoms with van der Waals surface area (Å²) in [6.07, 6.45) is 0. The van der Waals surface area contributed by atoms with Gasteiger partial charge in [-0.05, 0) is 53.4 Å². The third-order valence-electron chi connectivity index (χ3n) is 4.75. The van der Waals surface area contributed by atoms with Gasteiger partial charge < -0.3 is 20.7 Å². The highest BCUT2D eigenvalue weighted by Crippen LogP contribution is 2.24. The van der Waals surface area contributed by atoms with Gasteiger partial charge in [0.2, 0.25) is 0 Å². The van der Waals surface area contributed by atoms with Crippen LogP contribution in [0.15, 0.2) is 72.8 Å². The van der Waals surface area contributed by atoms with Gasteiger partial charge >= 0.3 is 6.03 Å². The number of benzene rings is 3. The van der Waals surface area contributed by atoms with Crippen LogP contribution in [0, 0.1) is 0 Å². The van der Waals surface area contributed by atoms with Gasteiger partial charge in [-0.1, -0.05) is 51.1 Å². The maximum atomic E-state index is 12.6. The number of para-hydroxylation sites is 2. The largest absolute Gasteiger partial charge is 0.495 e. The Morgan fingerprint density at radius 1 is 0.774 bits per heavy atom. The molecule has 0 saturated heterocycles. The van der Waals surface area contributed by atoms with Crippen LogP contribution in [0.1, 0.15) is 36.7 Å². The molecule has 0 bridgehead atoms. The molecule has 3 aromatic rings. The van der Waals surface area contributed by atoms with E-state index in [1.54, 1.807) is 43.5 Å². The Bertz CT molecular complexity index is 1070. The second kappa shape index (κ2) is 9.34. The average Bonchev–Trinajstić information content (AvgIpc) is 2.74. The van der Waals surface area contributed by atoms with Crippen LogP contribution in [0.5, 0.6) is 5.75 Å². The molecule has 0 heterocycles. The minimum absolute atomic E-state index is 0.0271. The van der Waals surface area contributed by atoms with Crippen molar-refractivity contribution in [2.45, 2.75) is 26.2 Å². The third kappa shape index (κ3) is 5.85. The fraction of sp³-hybridized carbons (Fsp3) is 0.200. The van der Waals surface area contributed by atoms with E-state index in [1.807, 2.05) is 36.4 Å². The van der Waals surface area contributed by atoms with Gasteiger partial charge in [0.15, 0.2) is 0 Å². The number of urea groups is 1. The van der Waals surface area contributed by atoms with E-state index in [-0.39, 0.29) is 11.3 Å². The van der Waals surface area contributed by atoms with Gasteiger partial charge in [0.25, 0.3) is 5.91 Å². The maximum Gasteiger partial charge on any atom is 0.323 e. The first-order valence-electron chi connectivity index (χ1n) is 9.99. The van der Waals surface area contributed by atoms with Crippen molar-refractivity contribution in [3.63, 3.8) is 0 Å². The molecule has 0 unspecified atom stereocenters. The first-order valence-corrected chi connectivity index (χ1v) is 9.99. The molecule has 0 atom stereocenters. The number of ether oxygens (including phenoxy) is 1. The van der Waals surface area contributed by atoms with Gasteiger partial charge in [-0.15, -0.1) is 0 Å². The zero-order valence-electron chi connectivity index (χ0n) is 18.2. The molecule has 3 amide bonds. The van der Waals surface area contributed by atoms with Crippen LogP contribution in [0.4, 0.5) is 21.9 Å². The molecule has 3 rings (SSSR count). The highest BCUT2D eigenvalue weighted by atomic mass is 16.5. The molecule has 6 nitrogen and oxygen atoms in total. The van der Waals surface area contributed by atoms with Crippen molar-refractivity contribution in [1.29, 1.82) is 0 Å². The minimum atomic E-state index is -0.411. The number of methoxy groups -OCH3 is 1. The highest BCUT2D eigenvalue weighted by molar-refractivity contribution is 6.05. The van der Waals surface area contributed by atoms with Crippen molar-refractivity contribution in [3.05, 3.63) is 83.9 Å². The van der Waals surface area contributed by atoms with Crippen molar-refractivity contribution in [2.75, 3.05) is 23.1 Å². The molecule has 0 aliphatic heterocycles. The average molecular weight is 418 g/mol. The molecular weight excluding hydrogens is 390 g/mol. The maximum absolute atomic E-state index is 12.6. The number of nitrogens with one attached hydrogen (secondary N) is 3. The number of carbonyl (C=O) groups is 2. The normalized spacial score (nSPS) is 10.8. The molecular formula is C25H27N3O3. The van der Waals surface area contributed by atoms with Crippen molar-refractivity contribution in [2.24, 2.45) is 0 Å². The zero-order chi connectivity index (χ0) is 22.4. The molecule has 3 N–H and O–H groups in total. The lowest BCUT2D eigenvalue weighted by molar-refractivity contribution is 0.102. The summed E-state index contributed by atoms with van der Waals surface area (Å²) in [5.41, 5.74) is 3.45. The summed E-state index contributed by atoms with van der Waals surface area (Å²) >= 11 is 0. The van der Waals surface area contributed by atoms with E-state index in [0.29, 0.717) is 28.4 Å². The first-order chi connectivity index (χ1) is 14.8. The summed E-state index contributed by atoms with van der Waals surface area (Å²) in [4.78, 5) is 24.9. The number of amides is 3. The lowest BCUT2D eigenvalue weighted by Crippen LogP contribution is -2.20. The fourth-order valence-corrected chi connectivity index (χ4v) is 3.03.